The number of aromatic nitrogens is 2. The fraction of sp³-hybridized carbons (Fsp3) is 0.636. The molecule has 2 aliphatic rings. The Kier molecular flexibility index (Phi) is 5.31. The fourth-order valence-electron chi connectivity index (χ4n) is 5.14. The smallest absolute Gasteiger partial charge is 0.326 e. The molecule has 1 aromatic heterocycles. The molecule has 1 aliphatic carbocycles. The van der Waals surface area contributed by atoms with Gasteiger partial charge in [0, 0.05) is 31.3 Å². The Balaban J connectivity index is 1.46. The minimum Gasteiger partial charge on any atom is -0.379 e. The van der Waals surface area contributed by atoms with Gasteiger partial charge < -0.3 is 9.72 Å². The number of rotatable bonds is 4. The molecule has 2 aromatic rings. The summed E-state index contributed by atoms with van der Waals surface area (Å²) in [4.78, 5) is 21.7. The molecule has 150 valence electrons. The molecule has 1 saturated carbocycles. The van der Waals surface area contributed by atoms with Crippen LogP contribution in [0.15, 0.2) is 23.0 Å². The highest BCUT2D eigenvalue weighted by atomic mass is 16.5. The summed E-state index contributed by atoms with van der Waals surface area (Å²) < 4.78 is 7.71. The Morgan fingerprint density at radius 2 is 1.96 bits per heavy atom. The van der Waals surface area contributed by atoms with Gasteiger partial charge in [-0.25, -0.2) is 9.64 Å². The van der Waals surface area contributed by atoms with Crippen LogP contribution in [0.2, 0.25) is 0 Å². The molecule has 1 aliphatic heterocycles. The van der Waals surface area contributed by atoms with Crippen molar-refractivity contribution in [3.05, 3.63) is 40.1 Å². The maximum atomic E-state index is 12.6. The summed E-state index contributed by atoms with van der Waals surface area (Å²) in [6, 6.07) is 5.63. The number of fused-ring (bicyclic) bond motifs is 1. The number of hydrogen-bond donors (Lipinski definition) is 1. The molecule has 0 radical (unpaired) electrons. The van der Waals surface area contributed by atoms with Gasteiger partial charge in [0.25, 0.3) is 0 Å². The summed E-state index contributed by atoms with van der Waals surface area (Å²) in [5, 5.41) is 0. The third-order valence-electron chi connectivity index (χ3n) is 6.84. The van der Waals surface area contributed by atoms with Crippen molar-refractivity contribution in [2.45, 2.75) is 70.1 Å². The average molecular weight is 383 g/mol. The number of likely N-dealkylation sites (tertiary alicyclic amines) is 1. The number of H-pyrrole nitrogens is 1. The van der Waals surface area contributed by atoms with Crippen LogP contribution >= 0.6 is 0 Å². The van der Waals surface area contributed by atoms with Crippen molar-refractivity contribution < 1.29 is 4.74 Å². The molecule has 6 nitrogen and oxygen atoms in total. The summed E-state index contributed by atoms with van der Waals surface area (Å²) in [5.74, 6) is 0. The van der Waals surface area contributed by atoms with E-state index in [1.54, 1.807) is 6.07 Å². The number of ether oxygens (including phenoxy) is 1. The Morgan fingerprint density at radius 3 is 2.61 bits per heavy atom. The number of nitrogens with one attached hydrogen (secondary N) is 1. The molecule has 2 heterocycles. The largest absolute Gasteiger partial charge is 0.379 e. The minimum absolute atomic E-state index is 0.0565. The van der Waals surface area contributed by atoms with Crippen LogP contribution in [-0.2, 0) is 4.74 Å². The normalized spacial score (nSPS) is 27.1. The molecule has 0 bridgehead atoms. The third kappa shape index (κ3) is 3.49. The number of imidazole rings is 1. The summed E-state index contributed by atoms with van der Waals surface area (Å²) >= 11 is 0. The van der Waals surface area contributed by atoms with Crippen LogP contribution in [0.5, 0.6) is 0 Å². The second kappa shape index (κ2) is 7.73. The summed E-state index contributed by atoms with van der Waals surface area (Å²) in [6.07, 6.45) is 7.03. The van der Waals surface area contributed by atoms with E-state index in [2.05, 4.69) is 28.6 Å². The monoisotopic (exact) mass is 382 g/mol. The van der Waals surface area contributed by atoms with E-state index in [4.69, 9.17) is 11.3 Å². The second-order valence-electron chi connectivity index (χ2n) is 8.48. The maximum absolute atomic E-state index is 12.6. The van der Waals surface area contributed by atoms with Gasteiger partial charge in [-0.05, 0) is 64.5 Å². The number of benzene rings is 1. The molecule has 0 atom stereocenters. The SMILES string of the molecule is [C-]#[N+]c1ccc2[nH]c(=O)n(C3CCN([C@]4(C)CC[C@@H](OCC)CC4)CC3)c2c1. The second-order valence-corrected chi connectivity index (χ2v) is 8.48. The van der Waals surface area contributed by atoms with Crippen LogP contribution in [-0.4, -0.2) is 45.8 Å². The third-order valence-corrected chi connectivity index (χ3v) is 6.84. The Hall–Kier alpha value is -2.10. The summed E-state index contributed by atoms with van der Waals surface area (Å²) in [7, 11) is 0. The highest BCUT2D eigenvalue weighted by Crippen LogP contribution is 2.38. The first kappa shape index (κ1) is 19.2. The number of piperidine rings is 1. The molecule has 2 fully saturated rings. The van der Waals surface area contributed by atoms with Crippen molar-refractivity contribution in [3.63, 3.8) is 0 Å². The predicted molar refractivity (Wildman–Crippen MR) is 111 cm³/mol. The van der Waals surface area contributed by atoms with Gasteiger partial charge in [-0.1, -0.05) is 6.07 Å². The topological polar surface area (TPSA) is 54.6 Å². The number of aromatic amines is 1. The van der Waals surface area contributed by atoms with Gasteiger partial charge in [0.2, 0.25) is 0 Å². The van der Waals surface area contributed by atoms with Crippen molar-refractivity contribution >= 4 is 16.7 Å². The molecule has 6 heteroatoms. The van der Waals surface area contributed by atoms with Gasteiger partial charge in [-0.15, -0.1) is 0 Å². The number of nitrogens with zero attached hydrogens (tertiary/aromatic N) is 3. The first-order valence-electron chi connectivity index (χ1n) is 10.5. The van der Waals surface area contributed by atoms with Gasteiger partial charge in [0.1, 0.15) is 0 Å². The van der Waals surface area contributed by atoms with E-state index in [-0.39, 0.29) is 17.3 Å². The lowest BCUT2D eigenvalue weighted by atomic mass is 9.79. The fourth-order valence-corrected chi connectivity index (χ4v) is 5.14. The van der Waals surface area contributed by atoms with E-state index >= 15 is 0 Å². The zero-order valence-corrected chi connectivity index (χ0v) is 16.9. The van der Waals surface area contributed by atoms with Crippen molar-refractivity contribution in [2.24, 2.45) is 0 Å². The zero-order chi connectivity index (χ0) is 19.7. The number of hydrogen-bond acceptors (Lipinski definition) is 3. The van der Waals surface area contributed by atoms with Crippen molar-refractivity contribution in [2.75, 3.05) is 19.7 Å². The lowest BCUT2D eigenvalue weighted by Gasteiger charge is -2.48. The van der Waals surface area contributed by atoms with Crippen LogP contribution < -0.4 is 5.69 Å². The minimum atomic E-state index is -0.0565. The molecular weight excluding hydrogens is 352 g/mol. The molecule has 0 unspecified atom stereocenters. The average Bonchev–Trinajstić information content (AvgIpc) is 3.05. The molecule has 0 spiro atoms. The van der Waals surface area contributed by atoms with Crippen molar-refractivity contribution in [1.29, 1.82) is 0 Å². The molecule has 28 heavy (non-hydrogen) atoms. The molecule has 1 aromatic carbocycles. The van der Waals surface area contributed by atoms with Crippen LogP contribution in [0.25, 0.3) is 15.9 Å². The molecule has 0 amide bonds. The van der Waals surface area contributed by atoms with E-state index in [9.17, 15) is 4.79 Å². The van der Waals surface area contributed by atoms with Crippen molar-refractivity contribution in [3.8, 4) is 0 Å². The van der Waals surface area contributed by atoms with E-state index in [1.165, 1.54) is 12.8 Å². The lowest BCUT2D eigenvalue weighted by Crippen LogP contribution is -2.53. The first-order valence-corrected chi connectivity index (χ1v) is 10.5. The Labute approximate surface area is 166 Å². The van der Waals surface area contributed by atoms with E-state index in [0.29, 0.717) is 11.8 Å². The Morgan fingerprint density at radius 1 is 1.25 bits per heavy atom. The van der Waals surface area contributed by atoms with Crippen LogP contribution in [0.4, 0.5) is 5.69 Å². The molecule has 1 saturated heterocycles. The van der Waals surface area contributed by atoms with Gasteiger partial charge in [-0.3, -0.25) is 9.47 Å². The lowest BCUT2D eigenvalue weighted by molar-refractivity contribution is -0.0273. The van der Waals surface area contributed by atoms with Crippen molar-refractivity contribution in [1.82, 2.24) is 14.5 Å². The van der Waals surface area contributed by atoms with Crippen LogP contribution in [0.3, 0.4) is 0 Å². The predicted octanol–water partition coefficient (Wildman–Crippen LogP) is 4.26. The molecule has 4 rings (SSSR count). The first-order chi connectivity index (χ1) is 13.5. The standard InChI is InChI=1S/C22H30N4O2/c1-4-28-18-7-11-22(2,12-8-18)25-13-9-17(10-14-25)26-20-15-16(23-3)5-6-19(20)24-21(26)27/h5-6,15,17-18H,4,7-14H2,1-2H3,(H,24,27)/t18-,22-. The molecule has 1 N–H and O–H groups in total. The maximum Gasteiger partial charge on any atom is 0.326 e. The van der Waals surface area contributed by atoms with Gasteiger partial charge in [-0.2, -0.15) is 0 Å². The van der Waals surface area contributed by atoms with Crippen LogP contribution in [0.1, 0.15) is 58.4 Å². The van der Waals surface area contributed by atoms with E-state index in [0.717, 1.165) is 56.4 Å². The zero-order valence-electron chi connectivity index (χ0n) is 16.9. The van der Waals surface area contributed by atoms with Gasteiger partial charge in [0.05, 0.1) is 23.7 Å². The Bertz CT molecular complexity index is 922. The highest BCUT2D eigenvalue weighted by molar-refractivity contribution is 5.79. The highest BCUT2D eigenvalue weighted by Gasteiger charge is 2.38. The van der Waals surface area contributed by atoms with Gasteiger partial charge in [0.15, 0.2) is 5.69 Å². The summed E-state index contributed by atoms with van der Waals surface area (Å²) in [5.41, 5.74) is 2.46. The molecular formula is C22H30N4O2. The van der Waals surface area contributed by atoms with E-state index < -0.39 is 0 Å². The van der Waals surface area contributed by atoms with E-state index in [1.807, 2.05) is 16.7 Å². The van der Waals surface area contributed by atoms with Crippen LogP contribution in [0, 0.1) is 6.57 Å². The quantitative estimate of drug-likeness (QED) is 0.804. The summed E-state index contributed by atoms with van der Waals surface area (Å²) in [6.45, 7) is 14.6. The van der Waals surface area contributed by atoms with Gasteiger partial charge >= 0.3 is 5.69 Å².